The number of amidine groups is 1. The first-order valence-corrected chi connectivity index (χ1v) is 15.0. The van der Waals surface area contributed by atoms with Crippen LogP contribution in [0.1, 0.15) is 31.4 Å². The average Bonchev–Trinajstić information content (AvgIpc) is 3.65. The maximum absolute atomic E-state index is 12.8. The maximum Gasteiger partial charge on any atom is 0.573 e. The van der Waals surface area contributed by atoms with Crippen LogP contribution < -0.4 is 19.8 Å². The second-order valence-electron chi connectivity index (χ2n) is 10.1. The Morgan fingerprint density at radius 3 is 2.57 bits per heavy atom. The monoisotopic (exact) mass is 651 g/mol. The summed E-state index contributed by atoms with van der Waals surface area (Å²) in [5.74, 6) is 0.501. The van der Waals surface area contributed by atoms with Gasteiger partial charge in [-0.25, -0.2) is 19.9 Å². The van der Waals surface area contributed by atoms with Gasteiger partial charge in [0.25, 0.3) is 0 Å². The molecule has 0 saturated carbocycles. The summed E-state index contributed by atoms with van der Waals surface area (Å²) in [7, 11) is 0. The van der Waals surface area contributed by atoms with Crippen LogP contribution in [-0.2, 0) is 4.79 Å². The molecule has 4 aromatic rings. The summed E-state index contributed by atoms with van der Waals surface area (Å²) in [6.45, 7) is 5.85. The number of nitrogens with zero attached hydrogens (tertiary/aromatic N) is 6. The summed E-state index contributed by atoms with van der Waals surface area (Å²) < 4.78 is 48.6. The molecule has 1 unspecified atom stereocenters. The number of anilines is 1. The Labute approximate surface area is 266 Å². The summed E-state index contributed by atoms with van der Waals surface area (Å²) in [6, 6.07) is 17.0. The van der Waals surface area contributed by atoms with Crippen molar-refractivity contribution >= 4 is 40.8 Å². The van der Waals surface area contributed by atoms with E-state index in [9.17, 15) is 22.8 Å². The molecule has 1 aliphatic heterocycles. The van der Waals surface area contributed by atoms with Gasteiger partial charge >= 0.3 is 12.4 Å². The van der Waals surface area contributed by atoms with E-state index in [1.807, 2.05) is 32.9 Å². The zero-order chi connectivity index (χ0) is 32.8. The smallest absolute Gasteiger partial charge is 0.489 e. The number of nitrogens with one attached hydrogen (secondary N) is 1. The third-order valence-corrected chi connectivity index (χ3v) is 7.51. The Bertz CT molecular complexity index is 1770. The minimum Gasteiger partial charge on any atom is -0.489 e. The lowest BCUT2D eigenvalue weighted by molar-refractivity contribution is -0.274. The highest BCUT2D eigenvalue weighted by Gasteiger charge is 2.33. The van der Waals surface area contributed by atoms with Crippen LogP contribution in [0.4, 0.5) is 23.7 Å². The fraction of sp³-hybridized carbons (Fsp3) is 0.226. The molecule has 0 spiro atoms. The Hall–Kier alpha value is -5.18. The fourth-order valence-electron chi connectivity index (χ4n) is 4.20. The second kappa shape index (κ2) is 13.9. The third kappa shape index (κ3) is 8.10. The van der Waals surface area contributed by atoms with Gasteiger partial charge in [-0.05, 0) is 67.8 Å². The van der Waals surface area contributed by atoms with Crippen molar-refractivity contribution in [2.75, 3.05) is 10.7 Å². The van der Waals surface area contributed by atoms with Crippen LogP contribution in [0.25, 0.3) is 17.1 Å². The molecule has 1 aliphatic rings. The predicted molar refractivity (Wildman–Crippen MR) is 169 cm³/mol. The number of urea groups is 1. The van der Waals surface area contributed by atoms with E-state index < -0.39 is 12.4 Å². The average molecular weight is 652 g/mol. The number of alkyl halides is 3. The number of aliphatic imine (C=N–C) groups is 1. The van der Waals surface area contributed by atoms with Crippen molar-refractivity contribution in [1.29, 1.82) is 0 Å². The number of carbonyl (C=O) groups excluding carboxylic acids is 2. The summed E-state index contributed by atoms with van der Waals surface area (Å²) in [5, 5.41) is 8.57. The van der Waals surface area contributed by atoms with E-state index in [1.54, 1.807) is 30.3 Å². The first-order valence-electron chi connectivity index (χ1n) is 14.0. The number of aromatic nitrogens is 3. The predicted octanol–water partition coefficient (Wildman–Crippen LogP) is 6.50. The summed E-state index contributed by atoms with van der Waals surface area (Å²) in [5.41, 5.74) is 5.65. The van der Waals surface area contributed by atoms with Crippen molar-refractivity contribution in [3.63, 3.8) is 0 Å². The molecular weight excluding hydrogens is 623 g/mol. The van der Waals surface area contributed by atoms with Gasteiger partial charge in [0, 0.05) is 5.56 Å². The second-order valence-corrected chi connectivity index (χ2v) is 11.0. The number of carbonyl (C=O) groups is 2. The van der Waals surface area contributed by atoms with Gasteiger partial charge in [-0.15, -0.1) is 18.3 Å². The molecule has 0 radical (unpaired) electrons. The number of halogens is 3. The zero-order valence-corrected chi connectivity index (χ0v) is 25.7. The van der Waals surface area contributed by atoms with E-state index in [2.05, 4.69) is 30.3 Å². The molecule has 1 saturated heterocycles. The van der Waals surface area contributed by atoms with Crippen LogP contribution in [0.5, 0.6) is 11.5 Å². The van der Waals surface area contributed by atoms with Gasteiger partial charge in [-0.2, -0.15) is 10.1 Å². The highest BCUT2D eigenvalue weighted by molar-refractivity contribution is 8.15. The van der Waals surface area contributed by atoms with Crippen LogP contribution in [0.15, 0.2) is 83.2 Å². The van der Waals surface area contributed by atoms with Crippen LogP contribution in [0, 0.1) is 6.92 Å². The van der Waals surface area contributed by atoms with E-state index in [-0.39, 0.29) is 28.7 Å². The number of ether oxygens (including phenoxy) is 2. The lowest BCUT2D eigenvalue weighted by Gasteiger charge is -2.22. The van der Waals surface area contributed by atoms with Gasteiger partial charge in [0.2, 0.25) is 5.91 Å². The Morgan fingerprint density at radius 1 is 1.13 bits per heavy atom. The molecule has 5 rings (SSSR count). The molecule has 3 aromatic carbocycles. The van der Waals surface area contributed by atoms with Crippen molar-refractivity contribution < 1.29 is 32.2 Å². The molecule has 3 amide bonds. The molecule has 1 N–H and O–H groups in total. The highest BCUT2D eigenvalue weighted by Crippen LogP contribution is 2.36. The quantitative estimate of drug-likeness (QED) is 0.162. The lowest BCUT2D eigenvalue weighted by Crippen LogP contribution is -2.31. The molecule has 11 nitrogen and oxygen atoms in total. The first kappa shape index (κ1) is 32.2. The van der Waals surface area contributed by atoms with Gasteiger partial charge in [0.1, 0.15) is 17.8 Å². The molecule has 0 bridgehead atoms. The molecule has 46 heavy (non-hydrogen) atoms. The van der Waals surface area contributed by atoms with Gasteiger partial charge in [-0.1, -0.05) is 49.0 Å². The molecule has 15 heteroatoms. The molecule has 2 heterocycles. The lowest BCUT2D eigenvalue weighted by atomic mass is 10.1. The van der Waals surface area contributed by atoms with Crippen LogP contribution in [0.3, 0.4) is 0 Å². The van der Waals surface area contributed by atoms with Crippen LogP contribution >= 0.6 is 11.8 Å². The standard InChI is InChI=1S/C31H28F3N7O4S/c1-4-20(3)44-26-14-5-19(2)15-25(26)41-27(42)17-46-30(41)37-29(43)38-36-16-21-6-8-22(9-7-21)28-35-18-40(39-28)23-10-12-24(13-11-23)45-31(32,33)34/h5-16,18,20H,4,17H2,1-3H3,(H,38,43)/b36-16+,37-30-. The summed E-state index contributed by atoms with van der Waals surface area (Å²) in [4.78, 5) is 35.2. The van der Waals surface area contributed by atoms with E-state index in [0.29, 0.717) is 34.1 Å². The number of hydrogen-bond donors (Lipinski definition) is 1. The molecular formula is C31H28F3N7O4S. The Morgan fingerprint density at radius 2 is 1.87 bits per heavy atom. The Balaban J connectivity index is 1.21. The maximum atomic E-state index is 12.8. The van der Waals surface area contributed by atoms with E-state index in [0.717, 1.165) is 23.7 Å². The normalized spacial score (nSPS) is 15.0. The van der Waals surface area contributed by atoms with E-state index in [4.69, 9.17) is 4.74 Å². The summed E-state index contributed by atoms with van der Waals surface area (Å²) >= 11 is 1.15. The number of benzene rings is 3. The minimum atomic E-state index is -4.77. The van der Waals surface area contributed by atoms with Crippen molar-refractivity contribution in [3.05, 3.63) is 84.2 Å². The Kier molecular flexibility index (Phi) is 9.70. The van der Waals surface area contributed by atoms with Crippen molar-refractivity contribution in [1.82, 2.24) is 20.2 Å². The van der Waals surface area contributed by atoms with E-state index >= 15 is 0 Å². The van der Waals surface area contributed by atoms with Gasteiger partial charge in [0.15, 0.2) is 11.0 Å². The van der Waals surface area contributed by atoms with Crippen LogP contribution in [0.2, 0.25) is 0 Å². The molecule has 0 aliphatic carbocycles. The first-order chi connectivity index (χ1) is 22.0. The van der Waals surface area contributed by atoms with Gasteiger partial charge < -0.3 is 9.47 Å². The number of hydrazone groups is 1. The van der Waals surface area contributed by atoms with Crippen molar-refractivity contribution in [2.45, 2.75) is 39.7 Å². The highest BCUT2D eigenvalue weighted by atomic mass is 32.2. The van der Waals surface area contributed by atoms with Crippen molar-refractivity contribution in [3.8, 4) is 28.6 Å². The fourth-order valence-corrected chi connectivity index (χ4v) is 5.05. The molecule has 238 valence electrons. The number of hydrogen-bond acceptors (Lipinski definition) is 8. The van der Waals surface area contributed by atoms with E-state index in [1.165, 1.54) is 46.4 Å². The van der Waals surface area contributed by atoms with Gasteiger partial charge in [-0.3, -0.25) is 9.69 Å². The third-order valence-electron chi connectivity index (χ3n) is 6.59. The largest absolute Gasteiger partial charge is 0.573 e. The topological polar surface area (TPSA) is 123 Å². The van der Waals surface area contributed by atoms with Crippen LogP contribution in [-0.4, -0.2) is 56.3 Å². The number of aryl methyl sites for hydroxylation is 1. The SMILES string of the molecule is CCC(C)Oc1ccc(C)cc1N1C(=O)CS/C1=N\C(=O)N/N=C/c1ccc(-c2ncn(-c3ccc(OC(F)(F)F)cc3)n2)cc1. The van der Waals surface area contributed by atoms with Crippen molar-refractivity contribution in [2.24, 2.45) is 10.1 Å². The molecule has 1 fully saturated rings. The number of amides is 3. The van der Waals surface area contributed by atoms with Gasteiger partial charge in [0.05, 0.1) is 29.4 Å². The number of thioether (sulfide) groups is 1. The minimum absolute atomic E-state index is 0.0660. The summed E-state index contributed by atoms with van der Waals surface area (Å²) in [6.07, 6.45) is -1.18. The number of rotatable bonds is 9. The zero-order valence-electron chi connectivity index (χ0n) is 24.9. The molecule has 1 atom stereocenters. The molecule has 1 aromatic heterocycles.